The minimum Gasteiger partial charge on any atom is -0.322 e. The Bertz CT molecular complexity index is 1770. The molecule has 0 bridgehead atoms. The molecule has 1 aromatic heterocycles. The molecule has 37 heavy (non-hydrogen) atoms. The zero-order valence-electron chi connectivity index (χ0n) is 19.1. The van der Waals surface area contributed by atoms with Crippen molar-refractivity contribution in [2.24, 2.45) is 0 Å². The summed E-state index contributed by atoms with van der Waals surface area (Å²) >= 11 is 20.3. The van der Waals surface area contributed by atoms with Crippen LogP contribution in [0.1, 0.15) is 10.4 Å². The average molecular weight is 588 g/mol. The number of nitrogens with one attached hydrogen (secondary N) is 1. The zero-order chi connectivity index (χ0) is 26.3. The fourth-order valence-electron chi connectivity index (χ4n) is 3.81. The van der Waals surface area contributed by atoms with Crippen LogP contribution in [0.4, 0.5) is 5.69 Å². The van der Waals surface area contributed by atoms with Crippen LogP contribution < -0.4 is 5.32 Å². The number of carbonyl (C=O) groups is 1. The molecule has 5 nitrogen and oxygen atoms in total. The molecule has 1 heterocycles. The number of benzene rings is 4. The third-order valence-electron chi connectivity index (χ3n) is 5.64. The first-order valence-corrected chi connectivity index (χ1v) is 14.7. The number of para-hydroxylation sites is 1. The van der Waals surface area contributed by atoms with Gasteiger partial charge in [0.1, 0.15) is 5.01 Å². The number of hydrogen-bond donors (Lipinski definition) is 1. The van der Waals surface area contributed by atoms with Crippen molar-refractivity contribution in [2.45, 2.75) is 4.90 Å². The fourth-order valence-corrected chi connectivity index (χ4v) is 6.01. The van der Waals surface area contributed by atoms with Crippen molar-refractivity contribution in [3.63, 3.8) is 0 Å². The highest BCUT2D eigenvalue weighted by molar-refractivity contribution is 7.90. The Morgan fingerprint density at radius 1 is 0.838 bits per heavy atom. The molecule has 0 atom stereocenters. The molecule has 0 spiro atoms. The van der Waals surface area contributed by atoms with Gasteiger partial charge >= 0.3 is 0 Å². The van der Waals surface area contributed by atoms with Crippen molar-refractivity contribution < 1.29 is 13.2 Å². The number of carbonyl (C=O) groups excluding carboxylic acids is 1. The largest absolute Gasteiger partial charge is 0.322 e. The van der Waals surface area contributed by atoms with Crippen LogP contribution in [-0.2, 0) is 9.84 Å². The molecule has 0 saturated heterocycles. The van der Waals surface area contributed by atoms with Gasteiger partial charge in [-0.3, -0.25) is 4.79 Å². The van der Waals surface area contributed by atoms with Crippen LogP contribution in [0.3, 0.4) is 0 Å². The predicted octanol–water partition coefficient (Wildman–Crippen LogP) is 8.25. The lowest BCUT2D eigenvalue weighted by Crippen LogP contribution is -2.14. The van der Waals surface area contributed by atoms with Crippen LogP contribution in [0.5, 0.6) is 0 Å². The molecule has 0 aliphatic heterocycles. The number of aromatic nitrogens is 1. The summed E-state index contributed by atoms with van der Waals surface area (Å²) in [6, 6.07) is 22.2. The summed E-state index contributed by atoms with van der Waals surface area (Å²) in [5, 5.41) is 4.76. The number of nitrogens with zero attached hydrogens (tertiary/aromatic N) is 1. The van der Waals surface area contributed by atoms with Gasteiger partial charge in [-0.05, 0) is 71.8 Å². The predicted molar refractivity (Wildman–Crippen MR) is 153 cm³/mol. The van der Waals surface area contributed by atoms with E-state index in [1.54, 1.807) is 36.4 Å². The summed E-state index contributed by atoms with van der Waals surface area (Å²) in [7, 11) is -3.52. The van der Waals surface area contributed by atoms with E-state index < -0.39 is 15.7 Å². The van der Waals surface area contributed by atoms with Crippen LogP contribution >= 0.6 is 46.1 Å². The summed E-state index contributed by atoms with van der Waals surface area (Å²) < 4.78 is 25.5. The Balaban J connectivity index is 1.54. The number of thiazole rings is 1. The molecule has 186 valence electrons. The van der Waals surface area contributed by atoms with Gasteiger partial charge in [-0.2, -0.15) is 0 Å². The maximum atomic E-state index is 13.4. The van der Waals surface area contributed by atoms with Crippen molar-refractivity contribution in [2.75, 3.05) is 11.6 Å². The third kappa shape index (κ3) is 5.37. The van der Waals surface area contributed by atoms with Crippen molar-refractivity contribution in [1.82, 2.24) is 4.98 Å². The van der Waals surface area contributed by atoms with E-state index in [2.05, 4.69) is 10.3 Å². The number of amides is 1. The minimum absolute atomic E-state index is 0.0785. The molecule has 5 aromatic rings. The molecule has 0 aliphatic rings. The highest BCUT2D eigenvalue weighted by atomic mass is 35.5. The Morgan fingerprint density at radius 3 is 2.32 bits per heavy atom. The van der Waals surface area contributed by atoms with Crippen LogP contribution in [-0.4, -0.2) is 25.6 Å². The Labute approximate surface area is 232 Å². The second-order valence-corrected chi connectivity index (χ2v) is 12.5. The maximum absolute atomic E-state index is 13.4. The minimum atomic E-state index is -3.52. The molecule has 0 unspecified atom stereocenters. The first-order valence-electron chi connectivity index (χ1n) is 10.9. The second kappa shape index (κ2) is 10.1. The number of hydrogen-bond acceptors (Lipinski definition) is 5. The summed E-state index contributed by atoms with van der Waals surface area (Å²) in [6.07, 6.45) is 1.11. The van der Waals surface area contributed by atoms with E-state index >= 15 is 0 Å². The molecule has 0 fully saturated rings. The monoisotopic (exact) mass is 586 g/mol. The topological polar surface area (TPSA) is 76.1 Å². The van der Waals surface area contributed by atoms with Crippen molar-refractivity contribution in [3.05, 3.63) is 99.5 Å². The molecule has 10 heteroatoms. The fraction of sp³-hybridized carbons (Fsp3) is 0.0370. The van der Waals surface area contributed by atoms with Gasteiger partial charge in [0.15, 0.2) is 9.84 Å². The molecule has 5 rings (SSSR count). The number of halogens is 3. The van der Waals surface area contributed by atoms with Gasteiger partial charge in [0, 0.05) is 23.1 Å². The molecular weight excluding hydrogens is 571 g/mol. The quantitative estimate of drug-likeness (QED) is 0.225. The normalized spacial score (nSPS) is 11.6. The summed E-state index contributed by atoms with van der Waals surface area (Å²) in [5.74, 6) is -0.432. The molecule has 0 radical (unpaired) electrons. The molecule has 0 saturated carbocycles. The van der Waals surface area contributed by atoms with Crippen molar-refractivity contribution >= 4 is 77.8 Å². The van der Waals surface area contributed by atoms with Gasteiger partial charge in [0.25, 0.3) is 5.91 Å². The van der Waals surface area contributed by atoms with E-state index in [1.807, 2.05) is 24.3 Å². The van der Waals surface area contributed by atoms with Crippen molar-refractivity contribution in [3.8, 4) is 21.7 Å². The van der Waals surface area contributed by atoms with Crippen LogP contribution in [0.2, 0.25) is 15.1 Å². The first-order chi connectivity index (χ1) is 17.6. The van der Waals surface area contributed by atoms with E-state index in [4.69, 9.17) is 34.8 Å². The number of sulfone groups is 1. The lowest BCUT2D eigenvalue weighted by atomic mass is 9.99. The van der Waals surface area contributed by atoms with Crippen molar-refractivity contribution in [1.29, 1.82) is 0 Å². The Hall–Kier alpha value is -2.94. The highest BCUT2D eigenvalue weighted by Gasteiger charge is 2.19. The van der Waals surface area contributed by atoms with E-state index in [0.29, 0.717) is 32.4 Å². The standard InChI is InChI=1S/C27H17Cl3N2O3S2/c1-37(34,35)17-8-9-18(19(14-17)15-6-10-22(29)23(30)12-15)26(33)31-16-7-11-21(28)20(13-16)27-32-24-4-2-3-5-25(24)36-27/h2-14H,1H3,(H,31,33). The van der Waals surface area contributed by atoms with Gasteiger partial charge in [0.05, 0.1) is 30.2 Å². The zero-order valence-corrected chi connectivity index (χ0v) is 23.0. The molecular formula is C27H17Cl3N2O3S2. The van der Waals surface area contributed by atoms with E-state index in [-0.39, 0.29) is 15.5 Å². The molecule has 1 amide bonds. The summed E-state index contributed by atoms with van der Waals surface area (Å²) in [6.45, 7) is 0. The van der Waals surface area contributed by atoms with Gasteiger partial charge in [-0.1, -0.05) is 53.0 Å². The molecule has 4 aromatic carbocycles. The second-order valence-electron chi connectivity index (χ2n) is 8.24. The van der Waals surface area contributed by atoms with Gasteiger partial charge in [-0.25, -0.2) is 13.4 Å². The van der Waals surface area contributed by atoms with Gasteiger partial charge < -0.3 is 5.32 Å². The lowest BCUT2D eigenvalue weighted by molar-refractivity contribution is 0.102. The van der Waals surface area contributed by atoms with Crippen LogP contribution in [0.15, 0.2) is 83.8 Å². The first kappa shape index (κ1) is 25.7. The number of anilines is 1. The van der Waals surface area contributed by atoms with Gasteiger partial charge in [0.2, 0.25) is 0 Å². The number of rotatable bonds is 5. The highest BCUT2D eigenvalue weighted by Crippen LogP contribution is 2.37. The number of fused-ring (bicyclic) bond motifs is 1. The summed E-state index contributed by atoms with van der Waals surface area (Å²) in [4.78, 5) is 18.2. The lowest BCUT2D eigenvalue weighted by Gasteiger charge is -2.14. The molecule has 1 N–H and O–H groups in total. The maximum Gasteiger partial charge on any atom is 0.256 e. The van der Waals surface area contributed by atoms with E-state index in [9.17, 15) is 13.2 Å². The van der Waals surface area contributed by atoms with Gasteiger partial charge in [-0.15, -0.1) is 11.3 Å². The third-order valence-corrected chi connectivity index (χ3v) is 8.89. The Kier molecular flexibility index (Phi) is 7.00. The van der Waals surface area contributed by atoms with E-state index in [0.717, 1.165) is 21.5 Å². The van der Waals surface area contributed by atoms with Crippen LogP contribution in [0, 0.1) is 0 Å². The summed E-state index contributed by atoms with van der Waals surface area (Å²) in [5.41, 5.74) is 3.29. The average Bonchev–Trinajstić information content (AvgIpc) is 3.30. The van der Waals surface area contributed by atoms with E-state index in [1.165, 1.54) is 29.5 Å². The smallest absolute Gasteiger partial charge is 0.256 e. The molecule has 0 aliphatic carbocycles. The van der Waals surface area contributed by atoms with Crippen LogP contribution in [0.25, 0.3) is 31.9 Å². The Morgan fingerprint density at radius 2 is 1.59 bits per heavy atom. The SMILES string of the molecule is CS(=O)(=O)c1ccc(C(=O)Nc2ccc(Cl)c(-c3nc4ccccc4s3)c2)c(-c2ccc(Cl)c(Cl)c2)c1.